The Kier molecular flexibility index (Phi) is 3.72. The highest BCUT2D eigenvalue weighted by Crippen LogP contribution is 2.30. The summed E-state index contributed by atoms with van der Waals surface area (Å²) < 4.78 is 5.31. The van der Waals surface area contributed by atoms with Gasteiger partial charge in [0.1, 0.15) is 6.04 Å². The number of piperidine rings is 1. The summed E-state index contributed by atoms with van der Waals surface area (Å²) in [4.78, 5) is 26.2. The van der Waals surface area contributed by atoms with Gasteiger partial charge in [-0.25, -0.2) is 9.97 Å². The largest absolute Gasteiger partial charge is 0.337 e. The van der Waals surface area contributed by atoms with Crippen LogP contribution < -0.4 is 0 Å². The molecule has 1 fully saturated rings. The summed E-state index contributed by atoms with van der Waals surface area (Å²) in [5, 5.41) is 3.91. The lowest BCUT2D eigenvalue weighted by molar-refractivity contribution is -0.130. The predicted molar refractivity (Wildman–Crippen MR) is 73.8 cm³/mol. The van der Waals surface area contributed by atoms with E-state index in [2.05, 4.69) is 26.7 Å². The number of likely N-dealkylation sites (tertiary alicyclic amines) is 1. The maximum Gasteiger partial charge on any atom is 0.249 e. The van der Waals surface area contributed by atoms with Crippen molar-refractivity contribution < 1.29 is 9.32 Å². The second-order valence-corrected chi connectivity index (χ2v) is 4.78. The van der Waals surface area contributed by atoms with Crippen LogP contribution in [0, 0.1) is 0 Å². The van der Waals surface area contributed by atoms with E-state index in [0.717, 1.165) is 19.3 Å². The fourth-order valence-electron chi connectivity index (χ4n) is 2.45. The summed E-state index contributed by atoms with van der Waals surface area (Å²) >= 11 is 0. The van der Waals surface area contributed by atoms with E-state index < -0.39 is 0 Å². The Bertz CT molecular complexity index is 640. The smallest absolute Gasteiger partial charge is 0.249 e. The van der Waals surface area contributed by atoms with Gasteiger partial charge in [0.15, 0.2) is 0 Å². The van der Waals surface area contributed by atoms with Gasteiger partial charge in [-0.05, 0) is 31.4 Å². The van der Waals surface area contributed by atoms with Crippen LogP contribution in [0.5, 0.6) is 0 Å². The van der Waals surface area contributed by atoms with Gasteiger partial charge in [-0.3, -0.25) is 4.79 Å². The maximum atomic E-state index is 11.9. The first-order chi connectivity index (χ1) is 10.3. The first-order valence-electron chi connectivity index (χ1n) is 6.83. The zero-order chi connectivity index (χ0) is 14.7. The van der Waals surface area contributed by atoms with Gasteiger partial charge in [0.25, 0.3) is 0 Å². The second-order valence-electron chi connectivity index (χ2n) is 4.78. The van der Waals surface area contributed by atoms with Crippen molar-refractivity contribution in [2.45, 2.75) is 25.3 Å². The van der Waals surface area contributed by atoms with E-state index in [1.54, 1.807) is 23.4 Å². The van der Waals surface area contributed by atoms with Crippen molar-refractivity contribution in [2.24, 2.45) is 0 Å². The Hall–Kier alpha value is -2.57. The number of carbonyl (C=O) groups is 1. The van der Waals surface area contributed by atoms with Crippen LogP contribution in [0.3, 0.4) is 0 Å². The molecule has 7 nitrogen and oxygen atoms in total. The van der Waals surface area contributed by atoms with E-state index in [9.17, 15) is 4.79 Å². The number of carbonyl (C=O) groups excluding carboxylic acids is 1. The molecule has 1 aliphatic rings. The predicted octanol–water partition coefficient (Wildman–Crippen LogP) is 1.77. The average Bonchev–Trinajstić information content (AvgIpc) is 3.05. The quantitative estimate of drug-likeness (QED) is 0.799. The molecule has 0 saturated carbocycles. The Morgan fingerprint density at radius 1 is 1.33 bits per heavy atom. The second kappa shape index (κ2) is 5.82. The third kappa shape index (κ3) is 2.67. The van der Waals surface area contributed by atoms with Crippen molar-refractivity contribution in [3.63, 3.8) is 0 Å². The fourth-order valence-corrected chi connectivity index (χ4v) is 2.45. The van der Waals surface area contributed by atoms with Crippen molar-refractivity contribution in [1.82, 2.24) is 25.0 Å². The highest BCUT2D eigenvalue weighted by molar-refractivity contribution is 5.87. The molecule has 0 spiro atoms. The fraction of sp³-hybridized carbons (Fsp3) is 0.357. The Balaban J connectivity index is 1.87. The molecule has 1 saturated heterocycles. The molecule has 0 bridgehead atoms. The molecular weight excluding hydrogens is 270 g/mol. The molecule has 0 N–H and O–H groups in total. The van der Waals surface area contributed by atoms with Gasteiger partial charge in [0.05, 0.1) is 0 Å². The van der Waals surface area contributed by atoms with E-state index in [1.807, 2.05) is 0 Å². The topological polar surface area (TPSA) is 85.0 Å². The molecule has 1 atom stereocenters. The van der Waals surface area contributed by atoms with E-state index in [-0.39, 0.29) is 11.9 Å². The number of amides is 1. The number of aromatic nitrogens is 4. The van der Waals surface area contributed by atoms with Crippen molar-refractivity contribution >= 4 is 5.91 Å². The van der Waals surface area contributed by atoms with E-state index in [0.29, 0.717) is 24.1 Å². The number of rotatable bonds is 3. The van der Waals surface area contributed by atoms with Gasteiger partial charge < -0.3 is 9.42 Å². The zero-order valence-electron chi connectivity index (χ0n) is 11.5. The Morgan fingerprint density at radius 2 is 2.14 bits per heavy atom. The van der Waals surface area contributed by atoms with Crippen molar-refractivity contribution in [3.05, 3.63) is 37.0 Å². The van der Waals surface area contributed by atoms with Gasteiger partial charge >= 0.3 is 0 Å². The van der Waals surface area contributed by atoms with Crippen LogP contribution in [0.2, 0.25) is 0 Å². The number of hydrogen-bond donors (Lipinski definition) is 0. The Labute approximate surface area is 121 Å². The van der Waals surface area contributed by atoms with Crippen LogP contribution >= 0.6 is 0 Å². The molecule has 0 aromatic carbocycles. The summed E-state index contributed by atoms with van der Waals surface area (Å²) in [6.45, 7) is 4.21. The molecule has 1 aliphatic heterocycles. The first kappa shape index (κ1) is 13.4. The molecule has 1 unspecified atom stereocenters. The standard InChI is InChI=1S/C14H15N5O2/c1-2-11(20)19-9-4-3-6-10(19)14-17-13(18-21-14)12-15-7-5-8-16-12/h2,5,7-8,10H,1,3-4,6,9H2. The molecule has 7 heteroatoms. The third-order valence-corrected chi connectivity index (χ3v) is 3.45. The minimum absolute atomic E-state index is 0.115. The summed E-state index contributed by atoms with van der Waals surface area (Å²) in [6.07, 6.45) is 7.34. The monoisotopic (exact) mass is 285 g/mol. The van der Waals surface area contributed by atoms with Crippen LogP contribution in [0.25, 0.3) is 11.6 Å². The van der Waals surface area contributed by atoms with Crippen LogP contribution in [0.1, 0.15) is 31.2 Å². The lowest BCUT2D eigenvalue weighted by Crippen LogP contribution is -2.37. The lowest BCUT2D eigenvalue weighted by Gasteiger charge is -2.32. The van der Waals surface area contributed by atoms with Gasteiger partial charge in [-0.2, -0.15) is 4.98 Å². The van der Waals surface area contributed by atoms with Crippen LogP contribution in [-0.4, -0.2) is 37.5 Å². The minimum Gasteiger partial charge on any atom is -0.337 e. The highest BCUT2D eigenvalue weighted by atomic mass is 16.5. The van der Waals surface area contributed by atoms with Crippen molar-refractivity contribution in [3.8, 4) is 11.6 Å². The zero-order valence-corrected chi connectivity index (χ0v) is 11.5. The summed E-state index contributed by atoms with van der Waals surface area (Å²) in [5.41, 5.74) is 0. The normalized spacial score (nSPS) is 18.5. The van der Waals surface area contributed by atoms with Crippen molar-refractivity contribution in [2.75, 3.05) is 6.54 Å². The molecule has 0 radical (unpaired) electrons. The molecule has 0 aliphatic carbocycles. The molecular formula is C14H15N5O2. The molecule has 3 rings (SSSR count). The van der Waals surface area contributed by atoms with Gasteiger partial charge in [-0.15, -0.1) is 0 Å². The minimum atomic E-state index is -0.200. The van der Waals surface area contributed by atoms with Gasteiger partial charge in [-0.1, -0.05) is 11.7 Å². The van der Waals surface area contributed by atoms with Gasteiger partial charge in [0.2, 0.25) is 23.4 Å². The third-order valence-electron chi connectivity index (χ3n) is 3.45. The lowest BCUT2D eigenvalue weighted by atomic mass is 10.0. The van der Waals surface area contributed by atoms with Crippen LogP contribution in [0.4, 0.5) is 0 Å². The highest BCUT2D eigenvalue weighted by Gasteiger charge is 2.31. The molecule has 3 heterocycles. The first-order valence-corrected chi connectivity index (χ1v) is 6.83. The summed E-state index contributed by atoms with van der Waals surface area (Å²) in [5.74, 6) is 1.05. The number of hydrogen-bond acceptors (Lipinski definition) is 6. The van der Waals surface area contributed by atoms with Crippen molar-refractivity contribution in [1.29, 1.82) is 0 Å². The maximum absolute atomic E-state index is 11.9. The summed E-state index contributed by atoms with van der Waals surface area (Å²) in [7, 11) is 0. The van der Waals surface area contributed by atoms with Crippen LogP contribution in [0.15, 0.2) is 35.6 Å². The number of nitrogens with zero attached hydrogens (tertiary/aromatic N) is 5. The Morgan fingerprint density at radius 3 is 2.90 bits per heavy atom. The van der Waals surface area contributed by atoms with Gasteiger partial charge in [0, 0.05) is 18.9 Å². The van der Waals surface area contributed by atoms with Crippen LogP contribution in [-0.2, 0) is 4.79 Å². The average molecular weight is 285 g/mol. The molecule has 21 heavy (non-hydrogen) atoms. The van der Waals surface area contributed by atoms with E-state index >= 15 is 0 Å². The van der Waals surface area contributed by atoms with E-state index in [4.69, 9.17) is 4.52 Å². The van der Waals surface area contributed by atoms with E-state index in [1.165, 1.54) is 6.08 Å². The molecule has 2 aromatic heterocycles. The summed E-state index contributed by atoms with van der Waals surface area (Å²) in [6, 6.07) is 1.52. The molecule has 108 valence electrons. The SMILES string of the molecule is C=CC(=O)N1CCCCC1c1nc(-c2ncccn2)no1. The molecule has 1 amide bonds. The molecule has 2 aromatic rings.